The van der Waals surface area contributed by atoms with Crippen molar-refractivity contribution in [1.29, 1.82) is 0 Å². The molecule has 1 aliphatic rings. The summed E-state index contributed by atoms with van der Waals surface area (Å²) in [5.41, 5.74) is 1.41. The van der Waals surface area contributed by atoms with Gasteiger partial charge in [0, 0.05) is 24.8 Å². The zero-order valence-electron chi connectivity index (χ0n) is 14.4. The minimum absolute atomic E-state index is 0.313. The summed E-state index contributed by atoms with van der Waals surface area (Å²) in [6, 6.07) is 9.91. The Labute approximate surface area is 144 Å². The number of sulfonamides is 1. The molecule has 1 aromatic carbocycles. The quantitative estimate of drug-likeness (QED) is 0.801. The van der Waals surface area contributed by atoms with Crippen molar-refractivity contribution in [3.8, 4) is 11.3 Å². The molecule has 1 aromatic heterocycles. The average molecular weight is 347 g/mol. The summed E-state index contributed by atoms with van der Waals surface area (Å²) in [6.45, 7) is 4.65. The highest BCUT2D eigenvalue weighted by Gasteiger charge is 2.30. The lowest BCUT2D eigenvalue weighted by Crippen LogP contribution is -2.30. The van der Waals surface area contributed by atoms with E-state index in [9.17, 15) is 8.42 Å². The summed E-state index contributed by atoms with van der Waals surface area (Å²) >= 11 is 0. The normalized spacial score (nSPS) is 16.1. The van der Waals surface area contributed by atoms with Crippen LogP contribution in [0.3, 0.4) is 0 Å². The lowest BCUT2D eigenvalue weighted by Gasteiger charge is -2.18. The number of hydrogen-bond donors (Lipinski definition) is 0. The second kappa shape index (κ2) is 7.07. The molecule has 5 nitrogen and oxygen atoms in total. The van der Waals surface area contributed by atoms with Gasteiger partial charge in [0.25, 0.3) is 0 Å². The van der Waals surface area contributed by atoms with Gasteiger partial charge in [-0.1, -0.05) is 57.0 Å². The van der Waals surface area contributed by atoms with Gasteiger partial charge in [-0.05, 0) is 12.8 Å². The van der Waals surface area contributed by atoms with Gasteiger partial charge in [-0.3, -0.25) is 4.68 Å². The van der Waals surface area contributed by atoms with Gasteiger partial charge < -0.3 is 0 Å². The zero-order valence-corrected chi connectivity index (χ0v) is 15.2. The van der Waals surface area contributed by atoms with Gasteiger partial charge in [0.05, 0.1) is 6.04 Å². The van der Waals surface area contributed by atoms with Crippen LogP contribution in [0.4, 0.5) is 0 Å². The van der Waals surface area contributed by atoms with Crippen LogP contribution in [-0.2, 0) is 10.0 Å². The van der Waals surface area contributed by atoms with Crippen molar-refractivity contribution in [2.45, 2.75) is 50.5 Å². The van der Waals surface area contributed by atoms with E-state index in [2.05, 4.69) is 0 Å². The first-order valence-corrected chi connectivity index (χ1v) is 10.2. The molecular weight excluding hydrogens is 322 g/mol. The Morgan fingerprint density at radius 3 is 2.33 bits per heavy atom. The van der Waals surface area contributed by atoms with E-state index in [1.807, 2.05) is 48.9 Å². The Morgan fingerprint density at radius 2 is 1.75 bits per heavy atom. The fourth-order valence-electron chi connectivity index (χ4n) is 3.42. The van der Waals surface area contributed by atoms with Gasteiger partial charge in [-0.25, -0.2) is 8.42 Å². The third-order valence-electron chi connectivity index (χ3n) is 4.77. The lowest BCUT2D eigenvalue weighted by atomic mass is 10.2. The van der Waals surface area contributed by atoms with Crippen LogP contribution in [-0.4, -0.2) is 35.6 Å². The summed E-state index contributed by atoms with van der Waals surface area (Å²) in [6.07, 6.45) is 6.25. The summed E-state index contributed by atoms with van der Waals surface area (Å²) in [4.78, 5) is 0.323. The van der Waals surface area contributed by atoms with Gasteiger partial charge in [0.15, 0.2) is 0 Å². The van der Waals surface area contributed by atoms with Crippen LogP contribution in [0.1, 0.15) is 45.6 Å². The van der Waals surface area contributed by atoms with Crippen LogP contribution < -0.4 is 0 Å². The highest BCUT2D eigenvalue weighted by molar-refractivity contribution is 7.89. The van der Waals surface area contributed by atoms with Gasteiger partial charge >= 0.3 is 0 Å². The molecule has 1 fully saturated rings. The fourth-order valence-corrected chi connectivity index (χ4v) is 5.02. The van der Waals surface area contributed by atoms with E-state index in [-0.39, 0.29) is 0 Å². The number of nitrogens with zero attached hydrogens (tertiary/aromatic N) is 3. The number of rotatable bonds is 6. The second-order valence-corrected chi connectivity index (χ2v) is 8.12. The van der Waals surface area contributed by atoms with Crippen molar-refractivity contribution in [1.82, 2.24) is 14.1 Å². The van der Waals surface area contributed by atoms with Crippen molar-refractivity contribution < 1.29 is 8.42 Å². The van der Waals surface area contributed by atoms with Crippen LogP contribution in [0.5, 0.6) is 0 Å². The Morgan fingerprint density at radius 1 is 1.12 bits per heavy atom. The molecule has 0 atom stereocenters. The molecule has 0 saturated heterocycles. The van der Waals surface area contributed by atoms with Crippen molar-refractivity contribution in [3.05, 3.63) is 36.5 Å². The first kappa shape index (κ1) is 17.2. The van der Waals surface area contributed by atoms with Gasteiger partial charge in [-0.2, -0.15) is 9.40 Å². The van der Waals surface area contributed by atoms with E-state index in [1.54, 1.807) is 6.20 Å². The average Bonchev–Trinajstić information content (AvgIpc) is 3.26. The summed E-state index contributed by atoms with van der Waals surface area (Å²) in [5.74, 6) is 0. The molecule has 0 bridgehead atoms. The number of aromatic nitrogens is 2. The Hall–Kier alpha value is -1.66. The SMILES string of the molecule is CCN(CC)S(=O)(=O)c1cn(C2CCCC2)nc1-c1ccccc1. The van der Waals surface area contributed by atoms with Crippen LogP contribution in [0, 0.1) is 0 Å². The van der Waals surface area contributed by atoms with E-state index >= 15 is 0 Å². The maximum Gasteiger partial charge on any atom is 0.246 e. The van der Waals surface area contributed by atoms with E-state index in [0.717, 1.165) is 18.4 Å². The van der Waals surface area contributed by atoms with E-state index in [4.69, 9.17) is 5.10 Å². The third-order valence-corrected chi connectivity index (χ3v) is 6.82. The summed E-state index contributed by atoms with van der Waals surface area (Å²) in [7, 11) is -3.54. The third kappa shape index (κ3) is 3.13. The minimum Gasteiger partial charge on any atom is -0.268 e. The summed E-state index contributed by atoms with van der Waals surface area (Å²) < 4.78 is 29.6. The Bertz CT molecular complexity index is 774. The van der Waals surface area contributed by atoms with Gasteiger partial charge in [0.2, 0.25) is 10.0 Å². The predicted octanol–water partition coefficient (Wildman–Crippen LogP) is 3.70. The smallest absolute Gasteiger partial charge is 0.246 e. The molecule has 130 valence electrons. The number of benzene rings is 1. The van der Waals surface area contributed by atoms with Crippen LogP contribution >= 0.6 is 0 Å². The molecule has 0 amide bonds. The Kier molecular flexibility index (Phi) is 5.06. The van der Waals surface area contributed by atoms with Crippen molar-refractivity contribution in [2.75, 3.05) is 13.1 Å². The van der Waals surface area contributed by atoms with E-state index in [1.165, 1.54) is 17.1 Å². The molecule has 0 radical (unpaired) electrons. The predicted molar refractivity (Wildman–Crippen MR) is 95.3 cm³/mol. The molecular formula is C18H25N3O2S. The summed E-state index contributed by atoms with van der Waals surface area (Å²) in [5, 5.41) is 4.69. The van der Waals surface area contributed by atoms with E-state index in [0.29, 0.717) is 29.7 Å². The molecule has 1 aliphatic carbocycles. The van der Waals surface area contributed by atoms with Crippen molar-refractivity contribution >= 4 is 10.0 Å². The molecule has 0 spiro atoms. The lowest BCUT2D eigenvalue weighted by molar-refractivity contribution is 0.444. The van der Waals surface area contributed by atoms with Crippen molar-refractivity contribution in [2.24, 2.45) is 0 Å². The second-order valence-electron chi connectivity index (χ2n) is 6.22. The number of hydrogen-bond acceptors (Lipinski definition) is 3. The maximum absolute atomic E-state index is 13.1. The first-order valence-electron chi connectivity index (χ1n) is 8.72. The highest BCUT2D eigenvalue weighted by atomic mass is 32.2. The molecule has 0 aliphatic heterocycles. The molecule has 24 heavy (non-hydrogen) atoms. The van der Waals surface area contributed by atoms with Crippen LogP contribution in [0.2, 0.25) is 0 Å². The topological polar surface area (TPSA) is 55.2 Å². The first-order chi connectivity index (χ1) is 11.6. The molecule has 2 aromatic rings. The Balaban J connectivity index is 2.12. The highest BCUT2D eigenvalue weighted by Crippen LogP contribution is 2.34. The van der Waals surface area contributed by atoms with E-state index < -0.39 is 10.0 Å². The van der Waals surface area contributed by atoms with Crippen molar-refractivity contribution in [3.63, 3.8) is 0 Å². The fraction of sp³-hybridized carbons (Fsp3) is 0.500. The van der Waals surface area contributed by atoms with Gasteiger partial charge in [0.1, 0.15) is 10.6 Å². The molecule has 1 saturated carbocycles. The zero-order chi connectivity index (χ0) is 17.2. The van der Waals surface area contributed by atoms with Crippen LogP contribution in [0.25, 0.3) is 11.3 Å². The standard InChI is InChI=1S/C18H25N3O2S/c1-3-20(4-2)24(22,23)17-14-21(16-12-8-9-13-16)19-18(17)15-10-6-5-7-11-15/h5-7,10-11,14,16H,3-4,8-9,12-13H2,1-2H3. The van der Waals surface area contributed by atoms with Crippen LogP contribution in [0.15, 0.2) is 41.4 Å². The monoisotopic (exact) mass is 347 g/mol. The molecule has 1 heterocycles. The largest absolute Gasteiger partial charge is 0.268 e. The molecule has 6 heteroatoms. The van der Waals surface area contributed by atoms with Gasteiger partial charge in [-0.15, -0.1) is 0 Å². The minimum atomic E-state index is -3.54. The molecule has 3 rings (SSSR count). The molecule has 0 N–H and O–H groups in total. The molecule has 0 unspecified atom stereocenters. The maximum atomic E-state index is 13.1.